The van der Waals surface area contributed by atoms with E-state index in [9.17, 15) is 34.2 Å². The number of carboxylic acids is 1. The third kappa shape index (κ3) is 7.52. The number of nitrogens with one attached hydrogen (secondary N) is 4. The number of amides is 4. The quantitative estimate of drug-likeness (QED) is 0.153. The maximum atomic E-state index is 13.3. The summed E-state index contributed by atoms with van der Waals surface area (Å²) in [7, 11) is 0. The number of benzene rings is 1. The van der Waals surface area contributed by atoms with Crippen LogP contribution in [0.3, 0.4) is 0 Å². The van der Waals surface area contributed by atoms with Crippen LogP contribution in [0, 0.1) is 5.92 Å². The van der Waals surface area contributed by atoms with E-state index in [0.717, 1.165) is 10.9 Å². The van der Waals surface area contributed by atoms with E-state index < -0.39 is 72.7 Å². The van der Waals surface area contributed by atoms with Gasteiger partial charge in [0.1, 0.15) is 24.2 Å². The fourth-order valence-corrected chi connectivity index (χ4v) is 3.54. The van der Waals surface area contributed by atoms with Gasteiger partial charge in [-0.15, -0.1) is 0 Å². The lowest BCUT2D eigenvalue weighted by molar-refractivity contribution is -0.144. The summed E-state index contributed by atoms with van der Waals surface area (Å²) in [5.41, 5.74) is 12.2. The van der Waals surface area contributed by atoms with Gasteiger partial charge in [0.25, 0.3) is 0 Å². The molecule has 0 aliphatic carbocycles. The lowest BCUT2D eigenvalue weighted by atomic mass is 10.00. The smallest absolute Gasteiger partial charge is 0.326 e. The number of primary amides is 1. The molecule has 2 rings (SSSR count). The molecule has 0 bridgehead atoms. The monoisotopic (exact) mass is 504 g/mol. The molecule has 0 aliphatic rings. The summed E-state index contributed by atoms with van der Waals surface area (Å²) in [4.78, 5) is 64.1. The van der Waals surface area contributed by atoms with Gasteiger partial charge >= 0.3 is 5.97 Å². The average Bonchev–Trinajstić information content (AvgIpc) is 3.22. The molecule has 4 unspecified atom stereocenters. The molecule has 196 valence electrons. The molecule has 4 amide bonds. The first-order valence-corrected chi connectivity index (χ1v) is 11.3. The Balaban J connectivity index is 2.27. The van der Waals surface area contributed by atoms with Crippen molar-refractivity contribution in [3.63, 3.8) is 0 Å². The second-order valence-corrected chi connectivity index (χ2v) is 8.71. The summed E-state index contributed by atoms with van der Waals surface area (Å²) in [5, 5.41) is 26.6. The number of aromatic amines is 1. The Morgan fingerprint density at radius 2 is 1.61 bits per heavy atom. The topological polar surface area (TPSA) is 230 Å². The second kappa shape index (κ2) is 12.7. The van der Waals surface area contributed by atoms with Crippen LogP contribution in [0.25, 0.3) is 10.9 Å². The van der Waals surface area contributed by atoms with Crippen LogP contribution < -0.4 is 27.4 Å². The van der Waals surface area contributed by atoms with E-state index in [1.165, 1.54) is 0 Å². The van der Waals surface area contributed by atoms with Crippen molar-refractivity contribution in [3.8, 4) is 0 Å². The summed E-state index contributed by atoms with van der Waals surface area (Å²) in [6, 6.07) is 2.13. The lowest BCUT2D eigenvalue weighted by Crippen LogP contribution is -2.59. The van der Waals surface area contributed by atoms with E-state index in [1.54, 1.807) is 20.0 Å². The Morgan fingerprint density at radius 3 is 2.19 bits per heavy atom. The highest BCUT2D eigenvalue weighted by atomic mass is 16.4. The van der Waals surface area contributed by atoms with Crippen LogP contribution in [0.1, 0.15) is 25.8 Å². The Morgan fingerprint density at radius 1 is 0.972 bits per heavy atom. The van der Waals surface area contributed by atoms with Crippen LogP contribution in [0.4, 0.5) is 0 Å². The molecule has 0 radical (unpaired) electrons. The molecule has 2 aromatic rings. The van der Waals surface area contributed by atoms with E-state index in [0.29, 0.717) is 5.56 Å². The van der Waals surface area contributed by atoms with Crippen molar-refractivity contribution in [2.24, 2.45) is 17.4 Å². The van der Waals surface area contributed by atoms with Gasteiger partial charge in [-0.1, -0.05) is 32.0 Å². The molecular weight excluding hydrogens is 472 g/mol. The van der Waals surface area contributed by atoms with Crippen LogP contribution >= 0.6 is 0 Å². The third-order valence-electron chi connectivity index (χ3n) is 5.53. The Bertz CT molecular complexity index is 1120. The van der Waals surface area contributed by atoms with Crippen LogP contribution in [0.5, 0.6) is 0 Å². The first-order chi connectivity index (χ1) is 16.9. The zero-order chi connectivity index (χ0) is 27.0. The summed E-state index contributed by atoms with van der Waals surface area (Å²) in [5.74, 6) is -5.20. The third-order valence-corrected chi connectivity index (χ3v) is 5.53. The number of aliphatic carboxylic acids is 1. The first-order valence-electron chi connectivity index (χ1n) is 11.3. The molecule has 0 spiro atoms. The van der Waals surface area contributed by atoms with Gasteiger partial charge in [0.2, 0.25) is 23.6 Å². The fraction of sp³-hybridized carbons (Fsp3) is 0.435. The normalized spacial score (nSPS) is 14.5. The van der Waals surface area contributed by atoms with Crippen molar-refractivity contribution >= 4 is 40.5 Å². The summed E-state index contributed by atoms with van der Waals surface area (Å²) in [6.45, 7) is 2.62. The van der Waals surface area contributed by atoms with E-state index >= 15 is 0 Å². The molecule has 13 heteroatoms. The van der Waals surface area contributed by atoms with Crippen molar-refractivity contribution < 1.29 is 34.2 Å². The van der Waals surface area contributed by atoms with E-state index in [1.807, 2.05) is 24.3 Å². The maximum Gasteiger partial charge on any atom is 0.326 e. The molecule has 1 aromatic heterocycles. The first kappa shape index (κ1) is 28.3. The van der Waals surface area contributed by atoms with Crippen molar-refractivity contribution in [2.45, 2.75) is 50.9 Å². The molecular formula is C23H32N6O7. The summed E-state index contributed by atoms with van der Waals surface area (Å²) >= 11 is 0. The highest BCUT2D eigenvalue weighted by Crippen LogP contribution is 2.19. The minimum atomic E-state index is -1.57. The Hall–Kier alpha value is -3.97. The SMILES string of the molecule is CC(C)C(NC(=O)C(Cc1c[nH]c2ccccc12)NC(=O)C(N)CO)C(=O)NC(CC(N)=O)C(=O)O. The zero-order valence-electron chi connectivity index (χ0n) is 20.0. The minimum absolute atomic E-state index is 0.0333. The number of aliphatic hydroxyl groups is 1. The number of aliphatic hydroxyl groups excluding tert-OH is 1. The van der Waals surface area contributed by atoms with Crippen LogP contribution in [0.15, 0.2) is 30.5 Å². The van der Waals surface area contributed by atoms with Crippen molar-refractivity contribution in [2.75, 3.05) is 6.61 Å². The van der Waals surface area contributed by atoms with E-state index in [-0.39, 0.29) is 6.42 Å². The van der Waals surface area contributed by atoms with Gasteiger partial charge in [0.15, 0.2) is 0 Å². The van der Waals surface area contributed by atoms with Crippen LogP contribution in [0.2, 0.25) is 0 Å². The number of H-pyrrole nitrogens is 1. The largest absolute Gasteiger partial charge is 0.480 e. The molecule has 0 fully saturated rings. The number of hydrogen-bond acceptors (Lipinski definition) is 7. The van der Waals surface area contributed by atoms with Crippen LogP contribution in [-0.4, -0.2) is 75.6 Å². The molecule has 4 atom stereocenters. The second-order valence-electron chi connectivity index (χ2n) is 8.71. The number of rotatable bonds is 13. The molecule has 0 aliphatic heterocycles. The van der Waals surface area contributed by atoms with Gasteiger partial charge in [0.05, 0.1) is 13.0 Å². The van der Waals surface area contributed by atoms with E-state index in [4.69, 9.17) is 11.5 Å². The molecule has 1 heterocycles. The molecule has 1 aromatic carbocycles. The van der Waals surface area contributed by atoms with E-state index in [2.05, 4.69) is 20.9 Å². The van der Waals surface area contributed by atoms with Gasteiger partial charge in [-0.3, -0.25) is 19.2 Å². The predicted octanol–water partition coefficient (Wildman–Crippen LogP) is -1.90. The van der Waals surface area contributed by atoms with Crippen molar-refractivity contribution in [3.05, 3.63) is 36.0 Å². The maximum absolute atomic E-state index is 13.3. The number of carbonyl (C=O) groups is 5. The number of carbonyl (C=O) groups excluding carboxylic acids is 4. The molecule has 0 saturated heterocycles. The summed E-state index contributed by atoms with van der Waals surface area (Å²) in [6.07, 6.45) is 1.10. The average molecular weight is 505 g/mol. The van der Waals surface area contributed by atoms with Crippen molar-refractivity contribution in [1.82, 2.24) is 20.9 Å². The number of para-hydroxylation sites is 1. The van der Waals surface area contributed by atoms with Gasteiger partial charge in [0, 0.05) is 23.5 Å². The molecule has 0 saturated carbocycles. The number of fused-ring (bicyclic) bond motifs is 1. The predicted molar refractivity (Wildman–Crippen MR) is 129 cm³/mol. The van der Waals surface area contributed by atoms with Gasteiger partial charge < -0.3 is 42.6 Å². The van der Waals surface area contributed by atoms with Gasteiger partial charge in [-0.2, -0.15) is 0 Å². The Kier molecular flexibility index (Phi) is 9.93. The standard InChI is InChI=1S/C23H32N6O7/c1-11(2)19(22(34)28-17(23(35)36)8-18(25)31)29-21(33)16(27-20(32)14(24)10-30)7-12-9-26-15-6-4-3-5-13(12)15/h3-6,9,11,14,16-17,19,26,30H,7-8,10,24H2,1-2H3,(H2,25,31)(H,27,32)(H,28,34)(H,29,33)(H,35,36). The highest BCUT2D eigenvalue weighted by Gasteiger charge is 2.32. The van der Waals surface area contributed by atoms with Gasteiger partial charge in [-0.25, -0.2) is 4.79 Å². The lowest BCUT2D eigenvalue weighted by Gasteiger charge is -2.27. The summed E-state index contributed by atoms with van der Waals surface area (Å²) < 4.78 is 0. The number of aromatic nitrogens is 1. The Labute approximate surface area is 207 Å². The minimum Gasteiger partial charge on any atom is -0.480 e. The fourth-order valence-electron chi connectivity index (χ4n) is 3.54. The highest BCUT2D eigenvalue weighted by molar-refractivity contribution is 5.95. The molecule has 13 nitrogen and oxygen atoms in total. The van der Waals surface area contributed by atoms with Crippen LogP contribution in [-0.2, 0) is 30.4 Å². The van der Waals surface area contributed by atoms with Gasteiger partial charge in [-0.05, 0) is 17.5 Å². The molecule has 36 heavy (non-hydrogen) atoms. The molecule has 10 N–H and O–H groups in total. The van der Waals surface area contributed by atoms with Crippen molar-refractivity contribution in [1.29, 1.82) is 0 Å². The number of hydrogen-bond donors (Lipinski definition) is 8. The number of nitrogens with two attached hydrogens (primary N) is 2. The number of carboxylic acid groups (broad SMARTS) is 1. The zero-order valence-corrected chi connectivity index (χ0v) is 20.0.